The Morgan fingerprint density at radius 1 is 1.25 bits per heavy atom. The second-order valence-electron chi connectivity index (χ2n) is 3.87. The van der Waals surface area contributed by atoms with E-state index in [1.165, 1.54) is 6.20 Å². The van der Waals surface area contributed by atoms with Gasteiger partial charge in [0.05, 0.1) is 0 Å². The molecule has 0 aliphatic rings. The van der Waals surface area contributed by atoms with E-state index < -0.39 is 0 Å². The van der Waals surface area contributed by atoms with Crippen molar-refractivity contribution in [3.63, 3.8) is 0 Å². The summed E-state index contributed by atoms with van der Waals surface area (Å²) in [7, 11) is 0. The Labute approximate surface area is 121 Å². The molecule has 0 bridgehead atoms. The number of halogens is 1. The molecule has 1 aromatic carbocycles. The maximum Gasteiger partial charge on any atom is 0.205 e. The fraction of sp³-hybridized carbons (Fsp3) is 0. The van der Waals surface area contributed by atoms with Crippen LogP contribution >= 0.6 is 11.6 Å². The number of nitrogens with zero attached hydrogens (tertiary/aromatic N) is 2. The van der Waals surface area contributed by atoms with E-state index in [1.807, 2.05) is 6.07 Å². The van der Waals surface area contributed by atoms with Crippen molar-refractivity contribution in [3.8, 4) is 6.07 Å². The molecule has 2 aromatic rings. The lowest BCUT2D eigenvalue weighted by Gasteiger charge is -2.01. The lowest BCUT2D eigenvalue weighted by Crippen LogP contribution is -2.04. The summed E-state index contributed by atoms with van der Waals surface area (Å²) in [5.41, 5.74) is 0.406. The number of ketones is 1. The number of rotatable bonds is 4. The molecule has 4 nitrogen and oxygen atoms in total. The molecule has 98 valence electrons. The number of hydrogen-bond donors (Lipinski definition) is 1. The van der Waals surface area contributed by atoms with Gasteiger partial charge in [0, 0.05) is 23.0 Å². The highest BCUT2D eigenvalue weighted by molar-refractivity contribution is 6.30. The van der Waals surface area contributed by atoms with Crippen LogP contribution in [0.5, 0.6) is 0 Å². The first-order chi connectivity index (χ1) is 9.70. The smallest absolute Gasteiger partial charge is 0.205 e. The predicted molar refractivity (Wildman–Crippen MR) is 77.3 cm³/mol. The zero-order chi connectivity index (χ0) is 14.4. The molecular weight excluding hydrogens is 274 g/mol. The van der Waals surface area contributed by atoms with Crippen LogP contribution in [-0.4, -0.2) is 10.8 Å². The first-order valence-corrected chi connectivity index (χ1v) is 6.16. The van der Waals surface area contributed by atoms with Gasteiger partial charge in [0.25, 0.3) is 0 Å². The number of pyridine rings is 1. The molecule has 20 heavy (non-hydrogen) atoms. The third kappa shape index (κ3) is 3.44. The standard InChI is InChI=1S/C15H10ClN3O/c16-13-6-4-11(5-7-13)15(20)12(9-17)10-19-14-3-1-2-8-18-14/h1-8,10H,(H,18,19)/b12-10+. The number of aromatic nitrogens is 1. The van der Waals surface area contributed by atoms with Crippen LogP contribution in [0.3, 0.4) is 0 Å². The summed E-state index contributed by atoms with van der Waals surface area (Å²) in [6, 6.07) is 13.6. The number of hydrogen-bond acceptors (Lipinski definition) is 4. The predicted octanol–water partition coefficient (Wildman–Crippen LogP) is 3.44. The molecule has 1 N–H and O–H groups in total. The van der Waals surface area contributed by atoms with Gasteiger partial charge < -0.3 is 5.32 Å². The summed E-state index contributed by atoms with van der Waals surface area (Å²) < 4.78 is 0. The summed E-state index contributed by atoms with van der Waals surface area (Å²) in [5, 5.41) is 12.4. The number of Topliss-reactive ketones (excluding diaryl/α,β-unsaturated/α-hetero) is 1. The molecule has 0 unspecified atom stereocenters. The van der Waals surface area contributed by atoms with Crippen molar-refractivity contribution in [2.24, 2.45) is 0 Å². The maximum absolute atomic E-state index is 12.1. The van der Waals surface area contributed by atoms with E-state index in [-0.39, 0.29) is 11.4 Å². The van der Waals surface area contributed by atoms with Crippen molar-refractivity contribution in [2.75, 3.05) is 5.32 Å². The molecule has 2 rings (SSSR count). The fourth-order valence-electron chi connectivity index (χ4n) is 1.50. The summed E-state index contributed by atoms with van der Waals surface area (Å²) in [6.07, 6.45) is 2.96. The second kappa shape index (κ2) is 6.50. The van der Waals surface area contributed by atoms with Gasteiger partial charge in [-0.1, -0.05) is 17.7 Å². The summed E-state index contributed by atoms with van der Waals surface area (Å²) >= 11 is 5.76. The number of carbonyl (C=O) groups is 1. The SMILES string of the molecule is N#C/C(=C\Nc1ccccn1)C(=O)c1ccc(Cl)cc1. The summed E-state index contributed by atoms with van der Waals surface area (Å²) in [5.74, 6) is 0.191. The minimum Gasteiger partial charge on any atom is -0.345 e. The van der Waals surface area contributed by atoms with Crippen LogP contribution < -0.4 is 5.32 Å². The van der Waals surface area contributed by atoms with E-state index in [0.717, 1.165) is 0 Å². The molecule has 0 saturated carbocycles. The quantitative estimate of drug-likeness (QED) is 0.530. The molecular formula is C15H10ClN3O. The van der Waals surface area contributed by atoms with Gasteiger partial charge in [0.2, 0.25) is 5.78 Å². The van der Waals surface area contributed by atoms with Crippen molar-refractivity contribution in [1.29, 1.82) is 5.26 Å². The van der Waals surface area contributed by atoms with Gasteiger partial charge in [-0.3, -0.25) is 4.79 Å². The van der Waals surface area contributed by atoms with Crippen LogP contribution in [0.25, 0.3) is 0 Å². The third-order valence-corrected chi connectivity index (χ3v) is 2.75. The lowest BCUT2D eigenvalue weighted by atomic mass is 10.1. The van der Waals surface area contributed by atoms with Crippen molar-refractivity contribution in [2.45, 2.75) is 0 Å². The summed E-state index contributed by atoms with van der Waals surface area (Å²) in [6.45, 7) is 0. The average molecular weight is 284 g/mol. The van der Waals surface area contributed by atoms with Crippen LogP contribution in [0.4, 0.5) is 5.82 Å². The van der Waals surface area contributed by atoms with Crippen molar-refractivity contribution in [1.82, 2.24) is 4.98 Å². The van der Waals surface area contributed by atoms with Crippen molar-refractivity contribution in [3.05, 3.63) is 71.0 Å². The number of allylic oxidation sites excluding steroid dienone is 1. The zero-order valence-corrected chi connectivity index (χ0v) is 11.1. The number of benzene rings is 1. The minimum absolute atomic E-state index is 0.00187. The Kier molecular flexibility index (Phi) is 4.48. The molecule has 0 atom stereocenters. The number of carbonyl (C=O) groups excluding carboxylic acids is 1. The van der Waals surface area contributed by atoms with E-state index >= 15 is 0 Å². The van der Waals surface area contributed by atoms with Crippen LogP contribution in [0, 0.1) is 11.3 Å². The highest BCUT2D eigenvalue weighted by Crippen LogP contribution is 2.13. The van der Waals surface area contributed by atoms with E-state index in [9.17, 15) is 4.79 Å². The highest BCUT2D eigenvalue weighted by Gasteiger charge is 2.11. The van der Waals surface area contributed by atoms with Gasteiger partial charge in [0.1, 0.15) is 17.5 Å². The molecule has 0 amide bonds. The highest BCUT2D eigenvalue weighted by atomic mass is 35.5. The van der Waals surface area contributed by atoms with Gasteiger partial charge in [-0.25, -0.2) is 4.98 Å². The number of nitrogens with one attached hydrogen (secondary N) is 1. The molecule has 0 spiro atoms. The van der Waals surface area contributed by atoms with Crippen LogP contribution in [0.1, 0.15) is 10.4 Å². The van der Waals surface area contributed by atoms with Crippen molar-refractivity contribution >= 4 is 23.2 Å². The van der Waals surface area contributed by atoms with Gasteiger partial charge >= 0.3 is 0 Å². The molecule has 1 aromatic heterocycles. The van der Waals surface area contributed by atoms with E-state index in [4.69, 9.17) is 16.9 Å². The molecule has 5 heteroatoms. The average Bonchev–Trinajstić information content (AvgIpc) is 2.49. The Bertz CT molecular complexity index is 673. The third-order valence-electron chi connectivity index (χ3n) is 2.50. The second-order valence-corrected chi connectivity index (χ2v) is 4.30. The summed E-state index contributed by atoms with van der Waals surface area (Å²) in [4.78, 5) is 16.1. The largest absolute Gasteiger partial charge is 0.345 e. The first kappa shape index (κ1) is 13.8. The van der Waals surface area contributed by atoms with E-state index in [1.54, 1.807) is 48.7 Å². The topological polar surface area (TPSA) is 65.8 Å². The van der Waals surface area contributed by atoms with Crippen LogP contribution in [0.15, 0.2) is 60.4 Å². The van der Waals surface area contributed by atoms with Gasteiger partial charge in [-0.05, 0) is 36.4 Å². The molecule has 0 aliphatic heterocycles. The Hall–Kier alpha value is -2.64. The van der Waals surface area contributed by atoms with Crippen LogP contribution in [0.2, 0.25) is 5.02 Å². The Balaban J connectivity index is 2.18. The van der Waals surface area contributed by atoms with E-state index in [0.29, 0.717) is 16.4 Å². The minimum atomic E-state index is -0.368. The van der Waals surface area contributed by atoms with Crippen LogP contribution in [-0.2, 0) is 0 Å². The fourth-order valence-corrected chi connectivity index (χ4v) is 1.63. The monoisotopic (exact) mass is 283 g/mol. The molecule has 0 fully saturated rings. The zero-order valence-electron chi connectivity index (χ0n) is 10.4. The Morgan fingerprint density at radius 3 is 2.60 bits per heavy atom. The van der Waals surface area contributed by atoms with Gasteiger partial charge in [-0.2, -0.15) is 5.26 Å². The molecule has 0 saturated heterocycles. The van der Waals surface area contributed by atoms with E-state index in [2.05, 4.69) is 10.3 Å². The van der Waals surface area contributed by atoms with Gasteiger partial charge in [-0.15, -0.1) is 0 Å². The number of nitriles is 1. The van der Waals surface area contributed by atoms with Crippen molar-refractivity contribution < 1.29 is 4.79 Å². The molecule has 0 radical (unpaired) electrons. The van der Waals surface area contributed by atoms with Gasteiger partial charge in [0.15, 0.2) is 0 Å². The Morgan fingerprint density at radius 2 is 2.00 bits per heavy atom. The molecule has 1 heterocycles. The normalized spacial score (nSPS) is 10.7. The maximum atomic E-state index is 12.1. The lowest BCUT2D eigenvalue weighted by molar-refractivity contribution is 0.103. The molecule has 0 aliphatic carbocycles. The number of anilines is 1. The first-order valence-electron chi connectivity index (χ1n) is 5.79.